The van der Waals surface area contributed by atoms with Crippen molar-refractivity contribution in [3.63, 3.8) is 0 Å². The van der Waals surface area contributed by atoms with Gasteiger partial charge in [0.1, 0.15) is 5.60 Å². The highest BCUT2D eigenvalue weighted by Gasteiger charge is 2.34. The van der Waals surface area contributed by atoms with Crippen LogP contribution in [0.5, 0.6) is 0 Å². The summed E-state index contributed by atoms with van der Waals surface area (Å²) >= 11 is 0. The lowest BCUT2D eigenvalue weighted by Gasteiger charge is -2.35. The molecule has 1 saturated heterocycles. The van der Waals surface area contributed by atoms with Crippen molar-refractivity contribution in [3.05, 3.63) is 18.2 Å². The Morgan fingerprint density at radius 3 is 2.87 bits per heavy atom. The zero-order chi connectivity index (χ0) is 16.6. The number of hydrogen-bond donors (Lipinski definition) is 1. The highest BCUT2D eigenvalue weighted by Crippen LogP contribution is 2.31. The number of piperidine rings is 1. The molecular weight excluding hydrogens is 296 g/mol. The van der Waals surface area contributed by atoms with E-state index in [4.69, 9.17) is 10.5 Å². The summed E-state index contributed by atoms with van der Waals surface area (Å²) in [5, 5.41) is 8.36. The van der Waals surface area contributed by atoms with Crippen LogP contribution in [0.2, 0.25) is 0 Å². The predicted octanol–water partition coefficient (Wildman–Crippen LogP) is 2.17. The Kier molecular flexibility index (Phi) is 3.83. The second-order valence-electron chi connectivity index (χ2n) is 6.75. The third-order valence-electron chi connectivity index (χ3n) is 3.81. The van der Waals surface area contributed by atoms with E-state index in [1.165, 1.54) is 0 Å². The molecule has 0 radical (unpaired) electrons. The van der Waals surface area contributed by atoms with Crippen molar-refractivity contribution in [1.82, 2.24) is 24.5 Å². The van der Waals surface area contributed by atoms with Crippen LogP contribution in [-0.2, 0) is 4.74 Å². The standard InChI is InChI=1S/C15H22N6O2/c1-15(2,3)23-14(22)20-8-5-4-6-10(20)12-18-19-13-11(16)17-7-9-21(12)13/h7,9-10H,4-6,8H2,1-3H3,(H2,16,17). The number of hydrogen-bond acceptors (Lipinski definition) is 6. The summed E-state index contributed by atoms with van der Waals surface area (Å²) in [6, 6.07) is -0.171. The predicted molar refractivity (Wildman–Crippen MR) is 84.7 cm³/mol. The van der Waals surface area contributed by atoms with E-state index in [1.54, 1.807) is 21.7 Å². The first-order valence-electron chi connectivity index (χ1n) is 7.81. The Hall–Kier alpha value is -2.38. The highest BCUT2D eigenvalue weighted by atomic mass is 16.6. The van der Waals surface area contributed by atoms with Gasteiger partial charge in [0, 0.05) is 18.9 Å². The Bertz CT molecular complexity index is 720. The van der Waals surface area contributed by atoms with Gasteiger partial charge in [-0.15, -0.1) is 10.2 Å². The van der Waals surface area contributed by atoms with E-state index in [0.29, 0.717) is 23.8 Å². The van der Waals surface area contributed by atoms with E-state index in [0.717, 1.165) is 19.3 Å². The fourth-order valence-corrected chi connectivity index (χ4v) is 2.83. The zero-order valence-electron chi connectivity index (χ0n) is 13.7. The molecular formula is C15H22N6O2. The zero-order valence-corrected chi connectivity index (χ0v) is 13.7. The summed E-state index contributed by atoms with van der Waals surface area (Å²) in [7, 11) is 0. The molecule has 0 aromatic carbocycles. The molecule has 1 fully saturated rings. The SMILES string of the molecule is CC(C)(C)OC(=O)N1CCCCC1c1nnc2c(N)nccn12. The van der Waals surface area contributed by atoms with Gasteiger partial charge in [-0.2, -0.15) is 0 Å². The molecule has 124 valence electrons. The summed E-state index contributed by atoms with van der Waals surface area (Å²) in [6.07, 6.45) is 5.86. The van der Waals surface area contributed by atoms with E-state index in [-0.39, 0.29) is 12.1 Å². The number of carbonyl (C=O) groups excluding carboxylic acids is 1. The van der Waals surface area contributed by atoms with Gasteiger partial charge in [0.25, 0.3) is 0 Å². The monoisotopic (exact) mass is 318 g/mol. The number of aromatic nitrogens is 4. The Balaban J connectivity index is 1.94. The largest absolute Gasteiger partial charge is 0.444 e. The van der Waals surface area contributed by atoms with E-state index < -0.39 is 5.60 Å². The molecule has 3 heterocycles. The summed E-state index contributed by atoms with van der Waals surface area (Å²) in [4.78, 5) is 18.3. The maximum atomic E-state index is 12.5. The van der Waals surface area contributed by atoms with E-state index in [1.807, 2.05) is 20.8 Å². The van der Waals surface area contributed by atoms with E-state index >= 15 is 0 Å². The molecule has 0 bridgehead atoms. The Morgan fingerprint density at radius 2 is 2.13 bits per heavy atom. The minimum absolute atomic E-state index is 0.171. The maximum absolute atomic E-state index is 12.5. The van der Waals surface area contributed by atoms with E-state index in [9.17, 15) is 4.79 Å². The fourth-order valence-electron chi connectivity index (χ4n) is 2.83. The molecule has 8 nitrogen and oxygen atoms in total. The molecule has 23 heavy (non-hydrogen) atoms. The normalized spacial score (nSPS) is 19.1. The molecule has 1 unspecified atom stereocenters. The molecule has 1 aliphatic heterocycles. The van der Waals surface area contributed by atoms with Crippen molar-refractivity contribution in [2.24, 2.45) is 0 Å². The topological polar surface area (TPSA) is 98.6 Å². The first-order chi connectivity index (χ1) is 10.9. The van der Waals surface area contributed by atoms with Crippen molar-refractivity contribution in [1.29, 1.82) is 0 Å². The molecule has 1 atom stereocenters. The van der Waals surface area contributed by atoms with Crippen LogP contribution in [0.1, 0.15) is 51.9 Å². The summed E-state index contributed by atoms with van der Waals surface area (Å²) in [6.45, 7) is 6.24. The van der Waals surface area contributed by atoms with Crippen LogP contribution >= 0.6 is 0 Å². The fraction of sp³-hybridized carbons (Fsp3) is 0.600. The average molecular weight is 318 g/mol. The summed E-state index contributed by atoms with van der Waals surface area (Å²) in [5.74, 6) is 1.02. The second-order valence-corrected chi connectivity index (χ2v) is 6.75. The van der Waals surface area contributed by atoms with Crippen LogP contribution in [0.4, 0.5) is 10.6 Å². The van der Waals surface area contributed by atoms with Gasteiger partial charge in [0.15, 0.2) is 11.6 Å². The van der Waals surface area contributed by atoms with Gasteiger partial charge in [-0.3, -0.25) is 9.30 Å². The molecule has 1 aliphatic rings. The van der Waals surface area contributed by atoms with Gasteiger partial charge in [-0.25, -0.2) is 9.78 Å². The molecule has 0 saturated carbocycles. The van der Waals surface area contributed by atoms with Gasteiger partial charge < -0.3 is 10.5 Å². The first kappa shape index (κ1) is 15.5. The van der Waals surface area contributed by atoms with Crippen LogP contribution in [0.15, 0.2) is 12.4 Å². The third-order valence-corrected chi connectivity index (χ3v) is 3.81. The Labute approximate surface area is 134 Å². The minimum atomic E-state index is -0.527. The lowest BCUT2D eigenvalue weighted by molar-refractivity contribution is 0.00833. The summed E-state index contributed by atoms with van der Waals surface area (Å²) in [5.41, 5.74) is 5.82. The smallest absolute Gasteiger partial charge is 0.410 e. The van der Waals surface area contributed by atoms with Crippen LogP contribution in [0, 0.1) is 0 Å². The summed E-state index contributed by atoms with van der Waals surface area (Å²) < 4.78 is 7.34. The molecule has 3 rings (SSSR count). The maximum Gasteiger partial charge on any atom is 0.410 e. The van der Waals surface area contributed by atoms with Crippen LogP contribution in [-0.4, -0.2) is 42.7 Å². The molecule has 1 amide bonds. The number of nitrogens with two attached hydrogens (primary N) is 1. The van der Waals surface area contributed by atoms with Gasteiger partial charge >= 0.3 is 6.09 Å². The number of rotatable bonds is 1. The van der Waals surface area contributed by atoms with Crippen molar-refractivity contribution in [2.45, 2.75) is 51.7 Å². The minimum Gasteiger partial charge on any atom is -0.444 e. The van der Waals surface area contributed by atoms with Crippen LogP contribution in [0.25, 0.3) is 5.65 Å². The molecule has 0 spiro atoms. The number of carbonyl (C=O) groups is 1. The number of ether oxygens (including phenoxy) is 1. The number of nitrogen functional groups attached to an aromatic ring is 1. The third kappa shape index (κ3) is 3.06. The molecule has 2 aromatic rings. The lowest BCUT2D eigenvalue weighted by Crippen LogP contribution is -2.42. The van der Waals surface area contributed by atoms with Gasteiger partial charge in [0.2, 0.25) is 5.65 Å². The van der Waals surface area contributed by atoms with E-state index in [2.05, 4.69) is 15.2 Å². The van der Waals surface area contributed by atoms with Crippen LogP contribution in [0.3, 0.4) is 0 Å². The highest BCUT2D eigenvalue weighted by molar-refractivity contribution is 5.69. The average Bonchev–Trinajstić information content (AvgIpc) is 2.91. The molecule has 8 heteroatoms. The first-order valence-corrected chi connectivity index (χ1v) is 7.81. The lowest BCUT2D eigenvalue weighted by atomic mass is 10.0. The number of fused-ring (bicyclic) bond motifs is 1. The van der Waals surface area contributed by atoms with Gasteiger partial charge in [0.05, 0.1) is 6.04 Å². The molecule has 0 aliphatic carbocycles. The van der Waals surface area contributed by atoms with Crippen molar-refractivity contribution < 1.29 is 9.53 Å². The van der Waals surface area contributed by atoms with Crippen molar-refractivity contribution >= 4 is 17.6 Å². The quantitative estimate of drug-likeness (QED) is 0.865. The molecule has 2 N–H and O–H groups in total. The van der Waals surface area contributed by atoms with Gasteiger partial charge in [-0.1, -0.05) is 0 Å². The Morgan fingerprint density at radius 1 is 1.35 bits per heavy atom. The number of amides is 1. The second kappa shape index (κ2) is 5.68. The van der Waals surface area contributed by atoms with Crippen LogP contribution < -0.4 is 5.73 Å². The van der Waals surface area contributed by atoms with Crippen molar-refractivity contribution in [2.75, 3.05) is 12.3 Å². The van der Waals surface area contributed by atoms with Crippen molar-refractivity contribution in [3.8, 4) is 0 Å². The number of likely N-dealkylation sites (tertiary alicyclic amines) is 1. The number of nitrogens with zero attached hydrogens (tertiary/aromatic N) is 5. The number of anilines is 1. The van der Waals surface area contributed by atoms with Gasteiger partial charge in [-0.05, 0) is 40.0 Å². The molecule has 2 aromatic heterocycles.